The van der Waals surface area contributed by atoms with Crippen LogP contribution in [0.4, 0.5) is 0 Å². The number of hydrogen-bond donors (Lipinski definition) is 1. The molecule has 0 radical (unpaired) electrons. The first-order valence-electron chi connectivity index (χ1n) is 7.89. The molecule has 1 saturated carbocycles. The second-order valence-electron chi connectivity index (χ2n) is 6.56. The van der Waals surface area contributed by atoms with E-state index in [9.17, 15) is 0 Å². The Morgan fingerprint density at radius 2 is 1.89 bits per heavy atom. The van der Waals surface area contributed by atoms with Gasteiger partial charge >= 0.3 is 0 Å². The molecule has 0 amide bonds. The Kier molecular flexibility index (Phi) is 5.04. The van der Waals surface area contributed by atoms with Crippen molar-refractivity contribution in [2.24, 2.45) is 5.92 Å². The molecule has 0 aromatic heterocycles. The largest absolute Gasteiger partial charge is 0.307 e. The summed E-state index contributed by atoms with van der Waals surface area (Å²) >= 11 is 0. The summed E-state index contributed by atoms with van der Waals surface area (Å²) < 4.78 is 0. The third-order valence-electron chi connectivity index (χ3n) is 4.63. The summed E-state index contributed by atoms with van der Waals surface area (Å²) in [7, 11) is 0. The molecule has 1 heteroatoms. The van der Waals surface area contributed by atoms with Gasteiger partial charge in [0, 0.05) is 12.1 Å². The zero-order chi connectivity index (χ0) is 13.8. The highest BCUT2D eigenvalue weighted by molar-refractivity contribution is 5.32. The van der Waals surface area contributed by atoms with Crippen molar-refractivity contribution in [2.75, 3.05) is 0 Å². The topological polar surface area (TPSA) is 12.0 Å². The highest BCUT2D eigenvalue weighted by Gasteiger charge is 2.18. The van der Waals surface area contributed by atoms with Crippen LogP contribution < -0.4 is 5.32 Å². The van der Waals surface area contributed by atoms with Crippen LogP contribution in [0.5, 0.6) is 0 Å². The van der Waals surface area contributed by atoms with Gasteiger partial charge < -0.3 is 5.32 Å². The molecule has 3 atom stereocenters. The fourth-order valence-electron chi connectivity index (χ4n) is 3.41. The van der Waals surface area contributed by atoms with Crippen molar-refractivity contribution in [3.05, 3.63) is 34.9 Å². The average molecular weight is 259 g/mol. The monoisotopic (exact) mass is 259 g/mol. The summed E-state index contributed by atoms with van der Waals surface area (Å²) in [5, 5.41) is 3.86. The molecule has 0 aliphatic heterocycles. The SMILES string of the molecule is Cc1ccc(C(C)NC2CCCC(C)CC2)c(C)c1. The van der Waals surface area contributed by atoms with Crippen LogP contribution in [0.3, 0.4) is 0 Å². The molecule has 1 N–H and O–H groups in total. The van der Waals surface area contributed by atoms with E-state index in [1.165, 1.54) is 48.8 Å². The summed E-state index contributed by atoms with van der Waals surface area (Å²) in [5.74, 6) is 0.920. The van der Waals surface area contributed by atoms with Crippen LogP contribution in [0.1, 0.15) is 68.7 Å². The Labute approximate surface area is 118 Å². The zero-order valence-electron chi connectivity index (χ0n) is 13.0. The Bertz CT molecular complexity index is 410. The smallest absolute Gasteiger partial charge is 0.0296 e. The Hall–Kier alpha value is -0.820. The van der Waals surface area contributed by atoms with Gasteiger partial charge in [-0.1, -0.05) is 43.5 Å². The van der Waals surface area contributed by atoms with E-state index in [1.54, 1.807) is 0 Å². The van der Waals surface area contributed by atoms with Gasteiger partial charge in [-0.15, -0.1) is 0 Å². The van der Waals surface area contributed by atoms with Gasteiger partial charge in [-0.3, -0.25) is 0 Å². The molecule has 1 aromatic rings. The van der Waals surface area contributed by atoms with Gasteiger partial charge in [0.05, 0.1) is 0 Å². The molecule has 1 aliphatic carbocycles. The van der Waals surface area contributed by atoms with Crippen LogP contribution in [0, 0.1) is 19.8 Å². The van der Waals surface area contributed by atoms with Crippen molar-refractivity contribution in [3.8, 4) is 0 Å². The third-order valence-corrected chi connectivity index (χ3v) is 4.63. The minimum absolute atomic E-state index is 0.471. The maximum absolute atomic E-state index is 3.86. The van der Waals surface area contributed by atoms with E-state index >= 15 is 0 Å². The van der Waals surface area contributed by atoms with Crippen molar-refractivity contribution < 1.29 is 0 Å². The van der Waals surface area contributed by atoms with Gasteiger partial charge in [-0.2, -0.15) is 0 Å². The molecule has 1 nitrogen and oxygen atoms in total. The van der Waals surface area contributed by atoms with Gasteiger partial charge in [-0.25, -0.2) is 0 Å². The Balaban J connectivity index is 1.98. The van der Waals surface area contributed by atoms with Gasteiger partial charge in [0.1, 0.15) is 0 Å². The summed E-state index contributed by atoms with van der Waals surface area (Å²) in [6, 6.07) is 8.00. The van der Waals surface area contributed by atoms with Crippen molar-refractivity contribution in [2.45, 2.75) is 71.9 Å². The van der Waals surface area contributed by atoms with E-state index in [0.717, 1.165) is 5.92 Å². The second-order valence-corrected chi connectivity index (χ2v) is 6.56. The van der Waals surface area contributed by atoms with E-state index < -0.39 is 0 Å². The number of rotatable bonds is 3. The van der Waals surface area contributed by atoms with Crippen molar-refractivity contribution in [1.29, 1.82) is 0 Å². The van der Waals surface area contributed by atoms with Gasteiger partial charge in [0.2, 0.25) is 0 Å². The maximum atomic E-state index is 3.86. The number of hydrogen-bond acceptors (Lipinski definition) is 1. The van der Waals surface area contributed by atoms with Crippen molar-refractivity contribution in [1.82, 2.24) is 5.32 Å². The minimum atomic E-state index is 0.471. The van der Waals surface area contributed by atoms with Crippen LogP contribution in [0.25, 0.3) is 0 Å². The molecule has 0 heterocycles. The lowest BCUT2D eigenvalue weighted by molar-refractivity contribution is 0.407. The summed E-state index contributed by atoms with van der Waals surface area (Å²) in [6.07, 6.45) is 6.88. The van der Waals surface area contributed by atoms with E-state index in [4.69, 9.17) is 0 Å². The first kappa shape index (κ1) is 14.6. The highest BCUT2D eigenvalue weighted by atomic mass is 14.9. The lowest BCUT2D eigenvalue weighted by atomic mass is 9.98. The molecule has 1 fully saturated rings. The summed E-state index contributed by atoms with van der Waals surface area (Å²) in [4.78, 5) is 0. The van der Waals surface area contributed by atoms with Crippen molar-refractivity contribution >= 4 is 0 Å². The molecule has 0 spiro atoms. The first-order chi connectivity index (χ1) is 9.06. The predicted octanol–water partition coefficient (Wildman–Crippen LogP) is 4.92. The van der Waals surface area contributed by atoms with Crippen LogP contribution in [-0.2, 0) is 0 Å². The Morgan fingerprint density at radius 3 is 2.63 bits per heavy atom. The molecule has 0 saturated heterocycles. The van der Waals surface area contributed by atoms with Crippen LogP contribution in [0.15, 0.2) is 18.2 Å². The quantitative estimate of drug-likeness (QED) is 0.759. The van der Waals surface area contributed by atoms with Gasteiger partial charge in [0.15, 0.2) is 0 Å². The van der Waals surface area contributed by atoms with Gasteiger partial charge in [-0.05, 0) is 57.1 Å². The summed E-state index contributed by atoms with van der Waals surface area (Å²) in [5.41, 5.74) is 4.24. The second kappa shape index (κ2) is 6.56. The van der Waals surface area contributed by atoms with E-state index in [-0.39, 0.29) is 0 Å². The summed E-state index contributed by atoms with van der Waals surface area (Å²) in [6.45, 7) is 9.11. The van der Waals surface area contributed by atoms with Gasteiger partial charge in [0.25, 0.3) is 0 Å². The third kappa shape index (κ3) is 4.07. The molecule has 1 aromatic carbocycles. The molecule has 1 aliphatic rings. The average Bonchev–Trinajstić information content (AvgIpc) is 2.54. The lowest BCUT2D eigenvalue weighted by Gasteiger charge is -2.24. The normalized spacial score (nSPS) is 25.9. The van der Waals surface area contributed by atoms with E-state index in [0.29, 0.717) is 12.1 Å². The molecule has 2 rings (SSSR count). The highest BCUT2D eigenvalue weighted by Crippen LogP contribution is 2.25. The number of benzene rings is 1. The zero-order valence-corrected chi connectivity index (χ0v) is 13.0. The predicted molar refractivity (Wildman–Crippen MR) is 83.5 cm³/mol. The van der Waals surface area contributed by atoms with Crippen LogP contribution in [-0.4, -0.2) is 6.04 Å². The van der Waals surface area contributed by atoms with E-state index in [2.05, 4.69) is 51.2 Å². The minimum Gasteiger partial charge on any atom is -0.307 e. The van der Waals surface area contributed by atoms with E-state index in [1.807, 2.05) is 0 Å². The molecule has 19 heavy (non-hydrogen) atoms. The number of aryl methyl sites for hydroxylation is 2. The molecule has 0 bridgehead atoms. The number of nitrogens with one attached hydrogen (secondary N) is 1. The maximum Gasteiger partial charge on any atom is 0.0296 e. The lowest BCUT2D eigenvalue weighted by Crippen LogP contribution is -2.31. The Morgan fingerprint density at radius 1 is 1.11 bits per heavy atom. The fourth-order valence-corrected chi connectivity index (χ4v) is 3.41. The molecular weight excluding hydrogens is 230 g/mol. The van der Waals surface area contributed by atoms with Crippen molar-refractivity contribution in [3.63, 3.8) is 0 Å². The van der Waals surface area contributed by atoms with Crippen LogP contribution >= 0.6 is 0 Å². The first-order valence-corrected chi connectivity index (χ1v) is 7.89. The molecule has 3 unspecified atom stereocenters. The molecular formula is C18H29N. The molecule has 106 valence electrons. The van der Waals surface area contributed by atoms with Crippen LogP contribution in [0.2, 0.25) is 0 Å². The standard InChI is InChI=1S/C18H29N/c1-13-6-5-7-17(10-8-13)19-16(4)18-11-9-14(2)12-15(18)3/h9,11-13,16-17,19H,5-8,10H2,1-4H3. The fraction of sp³-hybridized carbons (Fsp3) is 0.667.